The summed E-state index contributed by atoms with van der Waals surface area (Å²) in [6, 6.07) is 5.00. The molecular weight excluding hydrogens is 615 g/mol. The number of nitrogen functional groups attached to an aromatic ring is 1. The zero-order chi connectivity index (χ0) is 32.7. The normalized spacial score (nSPS) is 23.0. The number of fused-ring (bicyclic) bond motifs is 1. The van der Waals surface area contributed by atoms with Crippen molar-refractivity contribution in [3.8, 4) is 0 Å². The van der Waals surface area contributed by atoms with Crippen LogP contribution in [-0.2, 0) is 29.8 Å². The molecule has 2 aromatic heterocycles. The molecule has 1 fully saturated rings. The van der Waals surface area contributed by atoms with E-state index in [1.165, 1.54) is 17.2 Å². The molecule has 2 aliphatic carbocycles. The molecule has 14 heteroatoms. The number of halogens is 1. The number of carbonyl (C=O) groups excluding carboxylic acids is 2. The topological polar surface area (TPSA) is 162 Å². The van der Waals surface area contributed by atoms with Crippen molar-refractivity contribution < 1.29 is 31.9 Å². The molecule has 2 atom stereocenters. The first kappa shape index (κ1) is 31.3. The van der Waals surface area contributed by atoms with Gasteiger partial charge in [-0.2, -0.15) is 9.49 Å². The molecule has 1 saturated heterocycles. The SMILES string of the molecule is Cc1cc2cc(C(=O)c3cnn(C4(C)C=CC(OC5(F)C=CC=CC5)=CC4)c3N)[nH]c2cc1NS(=O)(=O)CC(=O)N1CCOCC1. The van der Waals surface area contributed by atoms with E-state index >= 15 is 0 Å². The number of hydrogen-bond donors (Lipinski definition) is 3. The Morgan fingerprint density at radius 3 is 2.65 bits per heavy atom. The van der Waals surface area contributed by atoms with Gasteiger partial charge >= 0.3 is 0 Å². The molecule has 1 aliphatic heterocycles. The van der Waals surface area contributed by atoms with E-state index in [1.54, 1.807) is 60.2 Å². The van der Waals surface area contributed by atoms with Crippen molar-refractivity contribution in [3.63, 3.8) is 0 Å². The number of anilines is 2. The van der Waals surface area contributed by atoms with Crippen LogP contribution >= 0.6 is 0 Å². The summed E-state index contributed by atoms with van der Waals surface area (Å²) in [5, 5.41) is 5.11. The molecule has 3 aliphatic rings. The number of aromatic nitrogens is 3. The third-order valence-electron chi connectivity index (χ3n) is 8.29. The van der Waals surface area contributed by atoms with Crippen LogP contribution in [0.4, 0.5) is 15.9 Å². The summed E-state index contributed by atoms with van der Waals surface area (Å²) in [7, 11) is -3.99. The fourth-order valence-corrected chi connectivity index (χ4v) is 6.80. The third-order valence-corrected chi connectivity index (χ3v) is 9.45. The van der Waals surface area contributed by atoms with Gasteiger partial charge in [0, 0.05) is 30.4 Å². The van der Waals surface area contributed by atoms with Crippen LogP contribution in [0.1, 0.15) is 41.4 Å². The van der Waals surface area contributed by atoms with Crippen LogP contribution in [0.15, 0.2) is 72.7 Å². The Kier molecular flexibility index (Phi) is 8.11. The number of rotatable bonds is 9. The molecule has 46 heavy (non-hydrogen) atoms. The number of hydrogen-bond acceptors (Lipinski definition) is 8. The molecule has 242 valence electrons. The molecular formula is C32H35FN6O6S. The number of alkyl halides is 1. The van der Waals surface area contributed by atoms with Crippen molar-refractivity contribution in [2.24, 2.45) is 0 Å². The fourth-order valence-electron chi connectivity index (χ4n) is 5.67. The second kappa shape index (κ2) is 11.9. The van der Waals surface area contributed by atoms with Gasteiger partial charge in [-0.05, 0) is 62.3 Å². The fraction of sp³-hybridized carbons (Fsp3) is 0.344. The first-order chi connectivity index (χ1) is 21.8. The van der Waals surface area contributed by atoms with E-state index in [2.05, 4.69) is 14.8 Å². The number of amides is 1. The highest BCUT2D eigenvalue weighted by atomic mass is 32.2. The Bertz CT molecular complexity index is 1940. The highest BCUT2D eigenvalue weighted by molar-refractivity contribution is 7.93. The van der Waals surface area contributed by atoms with Gasteiger partial charge in [-0.3, -0.25) is 14.3 Å². The van der Waals surface area contributed by atoms with E-state index in [0.29, 0.717) is 60.6 Å². The molecule has 2 unspecified atom stereocenters. The number of morpholine rings is 1. The predicted molar refractivity (Wildman–Crippen MR) is 171 cm³/mol. The largest absolute Gasteiger partial charge is 0.454 e. The monoisotopic (exact) mass is 650 g/mol. The number of ketones is 1. The van der Waals surface area contributed by atoms with Gasteiger partial charge in [-0.1, -0.05) is 24.3 Å². The molecule has 3 heterocycles. The maximum Gasteiger partial charge on any atom is 0.270 e. The van der Waals surface area contributed by atoms with E-state index in [0.717, 1.165) is 0 Å². The Morgan fingerprint density at radius 1 is 1.17 bits per heavy atom. The molecule has 4 N–H and O–H groups in total. The smallest absolute Gasteiger partial charge is 0.270 e. The number of carbonyl (C=O) groups is 2. The number of allylic oxidation sites excluding steroid dienone is 5. The van der Waals surface area contributed by atoms with Gasteiger partial charge in [0.2, 0.25) is 21.7 Å². The molecule has 12 nitrogen and oxygen atoms in total. The van der Waals surface area contributed by atoms with Gasteiger partial charge in [0.15, 0.2) is 0 Å². The molecule has 0 radical (unpaired) electrons. The van der Waals surface area contributed by atoms with Gasteiger partial charge in [-0.15, -0.1) is 0 Å². The van der Waals surface area contributed by atoms with E-state index in [4.69, 9.17) is 15.2 Å². The predicted octanol–water partition coefficient (Wildman–Crippen LogP) is 3.84. The average Bonchev–Trinajstić information content (AvgIpc) is 3.62. The quantitative estimate of drug-likeness (QED) is 0.295. The number of nitrogens with two attached hydrogens (primary N) is 1. The van der Waals surface area contributed by atoms with Crippen molar-refractivity contribution >= 4 is 44.1 Å². The van der Waals surface area contributed by atoms with Crippen molar-refractivity contribution in [2.75, 3.05) is 42.5 Å². The van der Waals surface area contributed by atoms with Crippen LogP contribution in [-0.4, -0.2) is 77.7 Å². The number of ether oxygens (including phenoxy) is 2. The van der Waals surface area contributed by atoms with Crippen LogP contribution in [0.25, 0.3) is 10.9 Å². The molecule has 6 rings (SSSR count). The molecule has 0 bridgehead atoms. The first-order valence-electron chi connectivity index (χ1n) is 14.8. The second-order valence-corrected chi connectivity index (χ2v) is 13.6. The van der Waals surface area contributed by atoms with E-state index in [1.807, 2.05) is 13.0 Å². The Hall–Kier alpha value is -4.69. The number of nitrogens with one attached hydrogen (secondary N) is 2. The average molecular weight is 651 g/mol. The van der Waals surface area contributed by atoms with Crippen LogP contribution in [0, 0.1) is 6.92 Å². The van der Waals surface area contributed by atoms with E-state index in [-0.39, 0.29) is 23.5 Å². The van der Waals surface area contributed by atoms with Crippen molar-refractivity contribution in [2.45, 2.75) is 38.1 Å². The Labute approximate surface area is 265 Å². The minimum Gasteiger partial charge on any atom is -0.454 e. The van der Waals surface area contributed by atoms with Gasteiger partial charge < -0.3 is 25.1 Å². The molecule has 1 aromatic carbocycles. The van der Waals surface area contributed by atoms with Crippen LogP contribution in [0.5, 0.6) is 0 Å². The van der Waals surface area contributed by atoms with Crippen LogP contribution < -0.4 is 10.5 Å². The zero-order valence-corrected chi connectivity index (χ0v) is 26.3. The highest BCUT2D eigenvalue weighted by Crippen LogP contribution is 2.35. The summed E-state index contributed by atoms with van der Waals surface area (Å²) in [4.78, 5) is 30.6. The molecule has 0 saturated carbocycles. The number of aromatic amines is 1. The maximum atomic E-state index is 14.9. The van der Waals surface area contributed by atoms with Crippen LogP contribution in [0.2, 0.25) is 0 Å². The van der Waals surface area contributed by atoms with Crippen molar-refractivity contribution in [1.29, 1.82) is 0 Å². The third kappa shape index (κ3) is 6.35. The second-order valence-electron chi connectivity index (χ2n) is 11.9. The number of nitrogens with zero attached hydrogens (tertiary/aromatic N) is 3. The molecule has 3 aromatic rings. The summed E-state index contributed by atoms with van der Waals surface area (Å²) in [5.41, 5.74) is 7.58. The lowest BCUT2D eigenvalue weighted by molar-refractivity contribution is -0.132. The molecule has 1 amide bonds. The van der Waals surface area contributed by atoms with Gasteiger partial charge in [0.25, 0.3) is 5.85 Å². The summed E-state index contributed by atoms with van der Waals surface area (Å²) in [6.45, 7) is 5.07. The number of aryl methyl sites for hydroxylation is 1. The lowest BCUT2D eigenvalue weighted by atomic mass is 9.92. The maximum absolute atomic E-state index is 14.9. The minimum atomic E-state index is -3.99. The highest BCUT2D eigenvalue weighted by Gasteiger charge is 2.34. The summed E-state index contributed by atoms with van der Waals surface area (Å²) < 4.78 is 55.5. The standard InChI is InChI=1S/C32H35FN6O6S/c1-21-16-22-17-27(36-26(22)18-25(21)37-46(42,43)20-28(40)38-12-14-44-15-13-38)29(41)24-19-35-39(30(24)34)31(2)10-6-23(7-11-31)45-32(33)8-4-3-5-9-32/h3-8,10,16-19,36-37H,9,11-15,20,34H2,1-2H3. The van der Waals surface area contributed by atoms with E-state index in [9.17, 15) is 22.4 Å². The number of benzene rings is 1. The van der Waals surface area contributed by atoms with Crippen molar-refractivity contribution in [3.05, 3.63) is 89.5 Å². The Morgan fingerprint density at radius 2 is 1.96 bits per heavy atom. The Balaban J connectivity index is 1.16. The van der Waals surface area contributed by atoms with Gasteiger partial charge in [-0.25, -0.2) is 13.1 Å². The van der Waals surface area contributed by atoms with Gasteiger partial charge in [0.05, 0.1) is 41.9 Å². The van der Waals surface area contributed by atoms with Crippen LogP contribution in [0.3, 0.4) is 0 Å². The lowest BCUT2D eigenvalue weighted by Gasteiger charge is -2.31. The summed E-state index contributed by atoms with van der Waals surface area (Å²) >= 11 is 0. The number of sulfonamides is 1. The van der Waals surface area contributed by atoms with E-state index < -0.39 is 38.9 Å². The number of H-pyrrole nitrogens is 1. The summed E-state index contributed by atoms with van der Waals surface area (Å²) in [6.07, 6.45) is 13.6. The van der Waals surface area contributed by atoms with Gasteiger partial charge in [0.1, 0.15) is 17.3 Å². The van der Waals surface area contributed by atoms with Crippen molar-refractivity contribution in [1.82, 2.24) is 19.7 Å². The zero-order valence-electron chi connectivity index (χ0n) is 25.5. The first-order valence-corrected chi connectivity index (χ1v) is 16.5. The summed E-state index contributed by atoms with van der Waals surface area (Å²) in [5.74, 6) is -2.94. The lowest BCUT2D eigenvalue weighted by Crippen LogP contribution is -2.44. The molecule has 0 spiro atoms. The minimum absolute atomic E-state index is 0.115.